The van der Waals surface area contributed by atoms with E-state index in [4.69, 9.17) is 4.74 Å². The maximum absolute atomic E-state index is 13.0. The van der Waals surface area contributed by atoms with E-state index >= 15 is 0 Å². The summed E-state index contributed by atoms with van der Waals surface area (Å²) in [6.07, 6.45) is -10.6. The number of ether oxygens (including phenoxy) is 1. The number of aromatic nitrogens is 1. The van der Waals surface area contributed by atoms with Crippen LogP contribution in [0, 0.1) is 10.8 Å². The quantitative estimate of drug-likeness (QED) is 0.652. The summed E-state index contributed by atoms with van der Waals surface area (Å²) in [6.45, 7) is 6.76. The molecule has 26 heavy (non-hydrogen) atoms. The number of carbonyl (C=O) groups excluding carboxylic acids is 1. The van der Waals surface area contributed by atoms with Gasteiger partial charge in [0.1, 0.15) is 17.6 Å². The van der Waals surface area contributed by atoms with Crippen LogP contribution in [0.15, 0.2) is 12.1 Å². The predicted octanol–water partition coefficient (Wildman–Crippen LogP) is 5.28. The van der Waals surface area contributed by atoms with Crippen molar-refractivity contribution in [2.75, 3.05) is 0 Å². The zero-order valence-electron chi connectivity index (χ0n) is 14.7. The number of halogens is 6. The first-order valence-corrected chi connectivity index (χ1v) is 7.87. The Kier molecular flexibility index (Phi) is 4.83. The first-order valence-electron chi connectivity index (χ1n) is 7.87. The smallest absolute Gasteiger partial charge is 0.433 e. The lowest BCUT2D eigenvalue weighted by Gasteiger charge is -2.47. The van der Waals surface area contributed by atoms with Gasteiger partial charge in [0, 0.05) is 29.7 Å². The van der Waals surface area contributed by atoms with Gasteiger partial charge < -0.3 is 4.74 Å². The van der Waals surface area contributed by atoms with Crippen molar-refractivity contribution in [2.24, 2.45) is 10.8 Å². The number of carbonyl (C=O) groups is 1. The lowest BCUT2D eigenvalue weighted by Crippen LogP contribution is -2.51. The van der Waals surface area contributed by atoms with Crippen LogP contribution in [-0.4, -0.2) is 16.9 Å². The Labute approximate surface area is 146 Å². The van der Waals surface area contributed by atoms with Crippen molar-refractivity contribution in [1.82, 2.24) is 4.98 Å². The minimum Gasteiger partial charge on any atom is -0.473 e. The summed E-state index contributed by atoms with van der Waals surface area (Å²) >= 11 is 0. The Morgan fingerprint density at radius 2 is 1.46 bits per heavy atom. The zero-order chi connectivity index (χ0) is 20.1. The molecule has 1 aliphatic carbocycles. The standard InChI is InChI=1S/C17H19F6NO2/c1-14(2)7-10(25)8-15(3,4)13(14)26-12-6-9(16(18,19)20)5-11(24-12)17(21,22)23/h5-6,13H,7-8H2,1-4H3. The van der Waals surface area contributed by atoms with Crippen molar-refractivity contribution in [1.29, 1.82) is 0 Å². The van der Waals surface area contributed by atoms with Gasteiger partial charge >= 0.3 is 12.4 Å². The third kappa shape index (κ3) is 4.29. The van der Waals surface area contributed by atoms with E-state index in [1.807, 2.05) is 0 Å². The van der Waals surface area contributed by atoms with E-state index in [9.17, 15) is 31.1 Å². The Morgan fingerprint density at radius 1 is 0.962 bits per heavy atom. The van der Waals surface area contributed by atoms with Crippen molar-refractivity contribution < 1.29 is 35.9 Å². The topological polar surface area (TPSA) is 39.2 Å². The van der Waals surface area contributed by atoms with Crippen LogP contribution < -0.4 is 4.74 Å². The average molecular weight is 383 g/mol. The molecule has 0 unspecified atom stereocenters. The number of hydrogen-bond acceptors (Lipinski definition) is 3. The van der Waals surface area contributed by atoms with Gasteiger partial charge in [-0.3, -0.25) is 4.79 Å². The van der Waals surface area contributed by atoms with E-state index in [0.29, 0.717) is 6.07 Å². The molecule has 1 aromatic rings. The minimum absolute atomic E-state index is 0.0344. The first-order chi connectivity index (χ1) is 11.5. The second kappa shape index (κ2) is 6.13. The van der Waals surface area contributed by atoms with Gasteiger partial charge in [0.2, 0.25) is 5.88 Å². The molecule has 0 saturated heterocycles. The third-order valence-electron chi connectivity index (χ3n) is 4.38. The minimum atomic E-state index is -5.05. The van der Waals surface area contributed by atoms with Crippen LogP contribution in [0.5, 0.6) is 5.88 Å². The van der Waals surface area contributed by atoms with Gasteiger partial charge in [0.25, 0.3) is 0 Å². The maximum Gasteiger partial charge on any atom is 0.433 e. The fourth-order valence-corrected chi connectivity index (χ4v) is 3.64. The van der Waals surface area contributed by atoms with E-state index in [1.165, 1.54) is 0 Å². The van der Waals surface area contributed by atoms with Crippen LogP contribution in [0.25, 0.3) is 0 Å². The van der Waals surface area contributed by atoms with Crippen molar-refractivity contribution in [3.8, 4) is 5.88 Å². The van der Waals surface area contributed by atoms with E-state index in [1.54, 1.807) is 27.7 Å². The van der Waals surface area contributed by atoms with E-state index < -0.39 is 46.4 Å². The zero-order valence-corrected chi connectivity index (χ0v) is 14.7. The van der Waals surface area contributed by atoms with E-state index in [0.717, 1.165) is 0 Å². The highest BCUT2D eigenvalue weighted by Gasteiger charge is 2.49. The van der Waals surface area contributed by atoms with Crippen molar-refractivity contribution >= 4 is 5.78 Å². The van der Waals surface area contributed by atoms with Crippen LogP contribution in [0.4, 0.5) is 26.3 Å². The second-order valence-corrected chi connectivity index (χ2v) is 7.94. The SMILES string of the molecule is CC1(C)CC(=O)CC(C)(C)C1Oc1cc(C(F)(F)F)cc(C(F)(F)F)n1. The molecule has 1 saturated carbocycles. The average Bonchev–Trinajstić information content (AvgIpc) is 2.39. The van der Waals surface area contributed by atoms with Gasteiger partial charge in [-0.05, 0) is 6.07 Å². The van der Waals surface area contributed by atoms with Crippen LogP contribution in [0.1, 0.15) is 51.8 Å². The van der Waals surface area contributed by atoms with Gasteiger partial charge in [-0.2, -0.15) is 26.3 Å². The molecule has 0 N–H and O–H groups in total. The largest absolute Gasteiger partial charge is 0.473 e. The summed E-state index contributed by atoms with van der Waals surface area (Å²) in [4.78, 5) is 15.1. The van der Waals surface area contributed by atoms with Crippen LogP contribution in [0.3, 0.4) is 0 Å². The fourth-order valence-electron chi connectivity index (χ4n) is 3.64. The number of nitrogens with zero attached hydrogens (tertiary/aromatic N) is 1. The lowest BCUT2D eigenvalue weighted by molar-refractivity contribution is -0.146. The molecule has 1 aliphatic rings. The van der Waals surface area contributed by atoms with Gasteiger partial charge in [-0.1, -0.05) is 27.7 Å². The van der Waals surface area contributed by atoms with E-state index in [-0.39, 0.29) is 24.7 Å². The van der Waals surface area contributed by atoms with Gasteiger partial charge in [-0.25, -0.2) is 4.98 Å². The molecule has 9 heteroatoms. The highest BCUT2D eigenvalue weighted by molar-refractivity contribution is 5.81. The van der Waals surface area contributed by atoms with Gasteiger partial charge in [0.15, 0.2) is 0 Å². The molecule has 1 heterocycles. The summed E-state index contributed by atoms with van der Waals surface area (Å²) < 4.78 is 83.3. The molecular formula is C17H19F6NO2. The molecule has 0 bridgehead atoms. The number of Topliss-reactive ketones (excluding diaryl/α,β-unsaturated/α-hetero) is 1. The molecule has 0 spiro atoms. The molecule has 3 nitrogen and oxygen atoms in total. The Bertz CT molecular complexity index is 654. The Morgan fingerprint density at radius 3 is 1.88 bits per heavy atom. The predicted molar refractivity (Wildman–Crippen MR) is 80.5 cm³/mol. The number of pyridine rings is 1. The van der Waals surface area contributed by atoms with Crippen LogP contribution in [0.2, 0.25) is 0 Å². The molecule has 146 valence electrons. The summed E-state index contributed by atoms with van der Waals surface area (Å²) in [5.41, 5.74) is -4.71. The van der Waals surface area contributed by atoms with Crippen molar-refractivity contribution in [3.05, 3.63) is 23.4 Å². The lowest BCUT2D eigenvalue weighted by atomic mass is 9.62. The molecule has 0 aromatic carbocycles. The number of rotatable bonds is 2. The maximum atomic E-state index is 13.0. The molecule has 2 rings (SSSR count). The normalized spacial score (nSPS) is 20.9. The highest BCUT2D eigenvalue weighted by Crippen LogP contribution is 2.47. The molecule has 0 aliphatic heterocycles. The molecule has 0 radical (unpaired) electrons. The third-order valence-corrected chi connectivity index (χ3v) is 4.38. The van der Waals surface area contributed by atoms with Crippen molar-refractivity contribution in [2.45, 2.75) is 59.0 Å². The highest BCUT2D eigenvalue weighted by atomic mass is 19.4. The molecule has 0 amide bonds. The first kappa shape index (κ1) is 20.5. The van der Waals surface area contributed by atoms with Gasteiger partial charge in [0.05, 0.1) is 5.56 Å². The Balaban J connectivity index is 2.49. The number of ketones is 1. The fraction of sp³-hybridized carbons (Fsp3) is 0.647. The molecule has 1 fully saturated rings. The van der Waals surface area contributed by atoms with E-state index in [2.05, 4.69) is 4.98 Å². The summed E-state index contributed by atoms with van der Waals surface area (Å²) in [5.74, 6) is -0.791. The monoisotopic (exact) mass is 383 g/mol. The van der Waals surface area contributed by atoms with Crippen molar-refractivity contribution in [3.63, 3.8) is 0 Å². The molecular weight excluding hydrogens is 364 g/mol. The summed E-state index contributed by atoms with van der Waals surface area (Å²) in [5, 5.41) is 0. The molecule has 0 atom stereocenters. The number of hydrogen-bond donors (Lipinski definition) is 0. The summed E-state index contributed by atoms with van der Waals surface area (Å²) in [6, 6.07) is 0.408. The van der Waals surface area contributed by atoms with Crippen LogP contribution in [-0.2, 0) is 17.1 Å². The van der Waals surface area contributed by atoms with Gasteiger partial charge in [-0.15, -0.1) is 0 Å². The Hall–Kier alpha value is -1.80. The molecule has 1 aromatic heterocycles. The van der Waals surface area contributed by atoms with Crippen LogP contribution >= 0.6 is 0 Å². The number of alkyl halides is 6. The summed E-state index contributed by atoms with van der Waals surface area (Å²) in [7, 11) is 0. The second-order valence-electron chi connectivity index (χ2n) is 7.94.